The average molecular weight is 437 g/mol. The number of hydrogen-bond acceptors (Lipinski definition) is 4. The molecule has 0 heterocycles. The van der Waals surface area contributed by atoms with Gasteiger partial charge in [0.05, 0.1) is 12.0 Å². The summed E-state index contributed by atoms with van der Waals surface area (Å²) in [7, 11) is 0. The summed E-state index contributed by atoms with van der Waals surface area (Å²) in [5.74, 6) is 0.887. The Morgan fingerprint density at radius 3 is 2.06 bits per heavy atom. The molecule has 0 spiro atoms. The van der Waals surface area contributed by atoms with Crippen molar-refractivity contribution in [2.45, 2.75) is 82.8 Å². The number of aryl methyl sites for hydroxylation is 2. The molecule has 4 rings (SSSR count). The Morgan fingerprint density at radius 1 is 0.719 bits per heavy atom. The van der Waals surface area contributed by atoms with Crippen LogP contribution in [0.3, 0.4) is 0 Å². The predicted molar refractivity (Wildman–Crippen MR) is 126 cm³/mol. The van der Waals surface area contributed by atoms with E-state index >= 15 is 0 Å². The van der Waals surface area contributed by atoms with Gasteiger partial charge in [0, 0.05) is 0 Å². The van der Waals surface area contributed by atoms with Crippen LogP contribution in [0.5, 0.6) is 5.75 Å². The van der Waals surface area contributed by atoms with Crippen LogP contribution < -0.4 is 4.74 Å². The fraction of sp³-hybridized carbons (Fsp3) is 0.536. The topological polar surface area (TPSA) is 44.8 Å². The second kappa shape index (κ2) is 12.1. The maximum absolute atomic E-state index is 12.4. The Balaban J connectivity index is 1.11. The molecule has 4 nitrogen and oxygen atoms in total. The molecule has 2 saturated carbocycles. The molecule has 2 aliphatic rings. The van der Waals surface area contributed by atoms with E-state index in [0.29, 0.717) is 0 Å². The van der Waals surface area contributed by atoms with Crippen LogP contribution in [0.2, 0.25) is 0 Å². The van der Waals surface area contributed by atoms with Crippen LogP contribution in [-0.4, -0.2) is 25.0 Å². The molecule has 0 bridgehead atoms. The zero-order valence-corrected chi connectivity index (χ0v) is 19.0. The zero-order valence-electron chi connectivity index (χ0n) is 19.0. The van der Waals surface area contributed by atoms with E-state index in [4.69, 9.17) is 14.2 Å². The molecule has 2 aliphatic carbocycles. The molecule has 2 aromatic rings. The molecule has 2 fully saturated rings. The van der Waals surface area contributed by atoms with Gasteiger partial charge in [0.2, 0.25) is 0 Å². The van der Waals surface area contributed by atoms with Crippen LogP contribution in [0, 0.1) is 5.92 Å². The van der Waals surface area contributed by atoms with Gasteiger partial charge in [-0.1, -0.05) is 48.9 Å². The summed E-state index contributed by atoms with van der Waals surface area (Å²) in [5, 5.41) is 0. The van der Waals surface area contributed by atoms with Crippen LogP contribution in [0.4, 0.5) is 0 Å². The van der Waals surface area contributed by atoms with E-state index < -0.39 is 0 Å². The molecule has 0 atom stereocenters. The van der Waals surface area contributed by atoms with Crippen LogP contribution in [0.15, 0.2) is 54.6 Å². The van der Waals surface area contributed by atoms with Gasteiger partial charge in [-0.2, -0.15) is 0 Å². The Kier molecular flexibility index (Phi) is 8.61. The van der Waals surface area contributed by atoms with E-state index in [0.717, 1.165) is 57.1 Å². The van der Waals surface area contributed by atoms with Crippen molar-refractivity contribution in [1.82, 2.24) is 0 Å². The first kappa shape index (κ1) is 22.8. The maximum atomic E-state index is 12.4. The van der Waals surface area contributed by atoms with Gasteiger partial charge in [0.15, 0.2) is 6.79 Å². The SMILES string of the molecule is O=C(OC1CCCCC1)C1CCC(OCOc2ccc(CCc3ccccc3)cc2)CC1. The van der Waals surface area contributed by atoms with E-state index in [1.165, 1.54) is 30.4 Å². The second-order valence-corrected chi connectivity index (χ2v) is 9.23. The smallest absolute Gasteiger partial charge is 0.309 e. The molecule has 0 unspecified atom stereocenters. The van der Waals surface area contributed by atoms with Crippen molar-refractivity contribution in [3.8, 4) is 5.75 Å². The summed E-state index contributed by atoms with van der Waals surface area (Å²) in [6, 6.07) is 18.8. The van der Waals surface area contributed by atoms with E-state index in [1.807, 2.05) is 12.1 Å². The fourth-order valence-corrected chi connectivity index (χ4v) is 4.79. The largest absolute Gasteiger partial charge is 0.468 e. The molecular formula is C28H36O4. The third kappa shape index (κ3) is 7.09. The number of carbonyl (C=O) groups is 1. The molecule has 0 radical (unpaired) electrons. The van der Waals surface area contributed by atoms with Gasteiger partial charge in [-0.05, 0) is 87.5 Å². The van der Waals surface area contributed by atoms with E-state index in [2.05, 4.69) is 42.5 Å². The molecular weight excluding hydrogens is 400 g/mol. The molecule has 172 valence electrons. The monoisotopic (exact) mass is 436 g/mol. The lowest BCUT2D eigenvalue weighted by molar-refractivity contribution is -0.158. The number of benzene rings is 2. The Labute approximate surface area is 192 Å². The van der Waals surface area contributed by atoms with Gasteiger partial charge in [0.1, 0.15) is 11.9 Å². The van der Waals surface area contributed by atoms with Crippen LogP contribution in [-0.2, 0) is 27.1 Å². The molecule has 0 aliphatic heterocycles. The number of ether oxygens (including phenoxy) is 3. The summed E-state index contributed by atoms with van der Waals surface area (Å²) < 4.78 is 17.5. The first-order valence-corrected chi connectivity index (χ1v) is 12.3. The highest BCUT2D eigenvalue weighted by Crippen LogP contribution is 2.29. The summed E-state index contributed by atoms with van der Waals surface area (Å²) >= 11 is 0. The first-order valence-electron chi connectivity index (χ1n) is 12.3. The summed E-state index contributed by atoms with van der Waals surface area (Å²) in [5.41, 5.74) is 2.67. The van der Waals surface area contributed by atoms with Crippen molar-refractivity contribution >= 4 is 5.97 Å². The number of rotatable bonds is 9. The quantitative estimate of drug-likeness (QED) is 0.344. The van der Waals surface area contributed by atoms with Crippen molar-refractivity contribution in [3.05, 3.63) is 65.7 Å². The first-order chi connectivity index (χ1) is 15.8. The number of hydrogen-bond donors (Lipinski definition) is 0. The molecule has 0 aromatic heterocycles. The Hall–Kier alpha value is -2.33. The van der Waals surface area contributed by atoms with E-state index in [9.17, 15) is 4.79 Å². The third-order valence-corrected chi connectivity index (χ3v) is 6.84. The molecule has 4 heteroatoms. The lowest BCUT2D eigenvalue weighted by Crippen LogP contribution is -2.31. The average Bonchev–Trinajstić information content (AvgIpc) is 2.85. The molecule has 0 N–H and O–H groups in total. The minimum Gasteiger partial charge on any atom is -0.468 e. The van der Waals surface area contributed by atoms with Gasteiger partial charge in [0.25, 0.3) is 0 Å². The van der Waals surface area contributed by atoms with Crippen LogP contribution in [0.25, 0.3) is 0 Å². The van der Waals surface area contributed by atoms with Crippen molar-refractivity contribution in [1.29, 1.82) is 0 Å². The minimum absolute atomic E-state index is 0.0129. The number of carbonyl (C=O) groups excluding carboxylic acids is 1. The van der Waals surface area contributed by atoms with Gasteiger partial charge >= 0.3 is 5.97 Å². The van der Waals surface area contributed by atoms with Crippen molar-refractivity contribution in [2.75, 3.05) is 6.79 Å². The van der Waals surface area contributed by atoms with Crippen LogP contribution >= 0.6 is 0 Å². The second-order valence-electron chi connectivity index (χ2n) is 9.23. The summed E-state index contributed by atoms with van der Waals surface area (Å²) in [6.45, 7) is 0.255. The molecule has 2 aromatic carbocycles. The Bertz CT molecular complexity index is 803. The fourth-order valence-electron chi connectivity index (χ4n) is 4.79. The summed E-state index contributed by atoms with van der Waals surface area (Å²) in [4.78, 5) is 12.4. The van der Waals surface area contributed by atoms with Gasteiger partial charge in [-0.3, -0.25) is 4.79 Å². The predicted octanol–water partition coefficient (Wildman–Crippen LogP) is 6.26. The van der Waals surface area contributed by atoms with Gasteiger partial charge in [-0.15, -0.1) is 0 Å². The summed E-state index contributed by atoms with van der Waals surface area (Å²) in [6.07, 6.45) is 11.6. The van der Waals surface area contributed by atoms with E-state index in [-0.39, 0.29) is 30.9 Å². The lowest BCUT2D eigenvalue weighted by Gasteiger charge is -2.29. The number of esters is 1. The van der Waals surface area contributed by atoms with Crippen LogP contribution in [0.1, 0.15) is 68.9 Å². The standard InChI is InChI=1S/C28H36O4/c29-28(32-27-9-5-2-6-10-27)24-15-19-26(20-16-24)31-21-30-25-17-13-23(14-18-25)12-11-22-7-3-1-4-8-22/h1,3-4,7-8,13-14,17-18,24,26-27H,2,5-6,9-12,15-16,19-21H2. The Morgan fingerprint density at radius 2 is 1.38 bits per heavy atom. The third-order valence-electron chi connectivity index (χ3n) is 6.84. The minimum atomic E-state index is 0.0129. The highest BCUT2D eigenvalue weighted by molar-refractivity contribution is 5.72. The van der Waals surface area contributed by atoms with Crippen molar-refractivity contribution in [2.24, 2.45) is 5.92 Å². The van der Waals surface area contributed by atoms with Crippen molar-refractivity contribution < 1.29 is 19.0 Å². The highest BCUT2D eigenvalue weighted by Gasteiger charge is 2.29. The van der Waals surface area contributed by atoms with Crippen molar-refractivity contribution in [3.63, 3.8) is 0 Å². The highest BCUT2D eigenvalue weighted by atomic mass is 16.7. The van der Waals surface area contributed by atoms with E-state index in [1.54, 1.807) is 0 Å². The molecule has 32 heavy (non-hydrogen) atoms. The van der Waals surface area contributed by atoms with Gasteiger partial charge < -0.3 is 14.2 Å². The maximum Gasteiger partial charge on any atom is 0.309 e. The molecule has 0 saturated heterocycles. The lowest BCUT2D eigenvalue weighted by atomic mass is 9.87. The normalized spacial score (nSPS) is 21.8. The molecule has 0 amide bonds. The zero-order chi connectivity index (χ0) is 22.0. The van der Waals surface area contributed by atoms with Gasteiger partial charge in [-0.25, -0.2) is 0 Å².